The number of esters is 1. The molecule has 0 saturated carbocycles. The monoisotopic (exact) mass is 450 g/mol. The quantitative estimate of drug-likeness (QED) is 0.348. The fraction of sp³-hybridized carbons (Fsp3) is 0.769. The summed E-state index contributed by atoms with van der Waals surface area (Å²) in [6.45, 7) is 20.5. The van der Waals surface area contributed by atoms with Gasteiger partial charge in [-0.05, 0) is 84.8 Å². The van der Waals surface area contributed by atoms with E-state index in [1.807, 2.05) is 32.7 Å². The van der Waals surface area contributed by atoms with E-state index >= 15 is 0 Å². The standard InChI is InChI=1S/C20H34N2S.C6H12O2/c1-7-9-13-20(12-8-2)14-17-16(11-10-15(3)21-17)18(20)22-23-19(4,5)6;1-5(7)8-6(2,3)4/h10-11,18,22H,7-9,12-14H2,1-6H3;1-4H3. The summed E-state index contributed by atoms with van der Waals surface area (Å²) >= 11 is 1.88. The number of nitrogens with zero attached hydrogens (tertiary/aromatic N) is 1. The first-order valence-electron chi connectivity index (χ1n) is 11.8. The van der Waals surface area contributed by atoms with Crippen molar-refractivity contribution in [2.45, 2.75) is 124 Å². The van der Waals surface area contributed by atoms with Crippen molar-refractivity contribution in [3.8, 4) is 0 Å². The summed E-state index contributed by atoms with van der Waals surface area (Å²) in [5.41, 5.74) is 3.94. The van der Waals surface area contributed by atoms with Gasteiger partial charge in [0.15, 0.2) is 0 Å². The molecule has 2 rings (SSSR count). The third-order valence-electron chi connectivity index (χ3n) is 5.30. The maximum atomic E-state index is 10.2. The van der Waals surface area contributed by atoms with Crippen LogP contribution >= 0.6 is 11.9 Å². The predicted molar refractivity (Wildman–Crippen MR) is 134 cm³/mol. The van der Waals surface area contributed by atoms with Crippen LogP contribution in [-0.2, 0) is 16.0 Å². The first-order chi connectivity index (χ1) is 14.2. The number of carbonyl (C=O) groups excluding carboxylic acids is 1. The number of aromatic nitrogens is 1. The summed E-state index contributed by atoms with van der Waals surface area (Å²) in [7, 11) is 0. The Morgan fingerprint density at radius 1 is 1.16 bits per heavy atom. The minimum absolute atomic E-state index is 0.225. The van der Waals surface area contributed by atoms with Gasteiger partial charge in [0.25, 0.3) is 0 Å². The normalized spacial score (nSPS) is 20.6. The van der Waals surface area contributed by atoms with E-state index in [0.29, 0.717) is 11.5 Å². The van der Waals surface area contributed by atoms with E-state index in [0.717, 1.165) is 12.1 Å². The molecule has 0 aliphatic heterocycles. The van der Waals surface area contributed by atoms with Gasteiger partial charge < -0.3 is 4.74 Å². The molecular weight excluding hydrogens is 404 g/mol. The summed E-state index contributed by atoms with van der Waals surface area (Å²) in [6.07, 6.45) is 7.55. The predicted octanol–water partition coefficient (Wildman–Crippen LogP) is 7.35. The van der Waals surface area contributed by atoms with Gasteiger partial charge in [0.05, 0.1) is 0 Å². The molecule has 1 heterocycles. The maximum absolute atomic E-state index is 10.2. The molecule has 0 radical (unpaired) electrons. The average Bonchev–Trinajstić information content (AvgIpc) is 2.88. The highest BCUT2D eigenvalue weighted by molar-refractivity contribution is 7.98. The molecule has 0 amide bonds. The number of ether oxygens (including phenoxy) is 1. The first kappa shape index (κ1) is 28.0. The zero-order valence-electron chi connectivity index (χ0n) is 21.6. The minimum atomic E-state index is -0.328. The molecule has 0 aromatic carbocycles. The molecule has 0 fully saturated rings. The smallest absolute Gasteiger partial charge is 0.303 e. The van der Waals surface area contributed by atoms with Crippen molar-refractivity contribution in [3.63, 3.8) is 0 Å². The van der Waals surface area contributed by atoms with Crippen molar-refractivity contribution < 1.29 is 9.53 Å². The number of nitrogens with one attached hydrogen (secondary N) is 1. The van der Waals surface area contributed by atoms with Gasteiger partial charge in [0.1, 0.15) is 5.60 Å². The summed E-state index contributed by atoms with van der Waals surface area (Å²) in [6, 6.07) is 4.93. The van der Waals surface area contributed by atoms with E-state index in [4.69, 9.17) is 9.72 Å². The average molecular weight is 451 g/mol. The van der Waals surface area contributed by atoms with Crippen LogP contribution in [0.5, 0.6) is 0 Å². The van der Waals surface area contributed by atoms with Gasteiger partial charge in [0.2, 0.25) is 0 Å². The van der Waals surface area contributed by atoms with E-state index < -0.39 is 0 Å². The van der Waals surface area contributed by atoms with Gasteiger partial charge in [-0.25, -0.2) is 0 Å². The Kier molecular flexibility index (Phi) is 10.5. The lowest BCUT2D eigenvalue weighted by molar-refractivity contribution is -0.151. The van der Waals surface area contributed by atoms with Gasteiger partial charge in [-0.1, -0.05) is 51.1 Å². The van der Waals surface area contributed by atoms with E-state index in [1.165, 1.54) is 50.3 Å². The largest absolute Gasteiger partial charge is 0.460 e. The molecule has 4 nitrogen and oxygen atoms in total. The van der Waals surface area contributed by atoms with E-state index in [9.17, 15) is 4.79 Å². The number of unbranched alkanes of at least 4 members (excludes halogenated alkanes) is 1. The molecule has 0 saturated heterocycles. The van der Waals surface area contributed by atoms with Crippen molar-refractivity contribution >= 4 is 17.9 Å². The number of aryl methyl sites for hydroxylation is 1. The van der Waals surface area contributed by atoms with Gasteiger partial charge >= 0.3 is 5.97 Å². The Balaban J connectivity index is 0.000000512. The van der Waals surface area contributed by atoms with Gasteiger partial charge in [-0.15, -0.1) is 0 Å². The third kappa shape index (κ3) is 9.53. The number of pyridine rings is 1. The van der Waals surface area contributed by atoms with Crippen LogP contribution in [0.3, 0.4) is 0 Å². The molecular formula is C26H46N2O2S. The van der Waals surface area contributed by atoms with Crippen LogP contribution in [0.4, 0.5) is 0 Å². The second-order valence-corrected chi connectivity index (χ2v) is 12.5. The molecule has 0 spiro atoms. The van der Waals surface area contributed by atoms with Crippen LogP contribution in [0.2, 0.25) is 0 Å². The molecule has 1 aromatic heterocycles. The Bertz CT molecular complexity index is 706. The van der Waals surface area contributed by atoms with E-state index in [1.54, 1.807) is 0 Å². The molecule has 0 bridgehead atoms. The molecule has 1 aliphatic rings. The lowest BCUT2D eigenvalue weighted by Gasteiger charge is -2.37. The molecule has 5 heteroatoms. The SMILES string of the molecule is CC(=O)OC(C)(C)C.CCCCC1(CCC)Cc2nc(C)ccc2C1NSC(C)(C)C. The summed E-state index contributed by atoms with van der Waals surface area (Å²) in [5, 5.41) is 0. The molecule has 2 unspecified atom stereocenters. The van der Waals surface area contributed by atoms with Crippen molar-refractivity contribution in [3.05, 3.63) is 29.1 Å². The summed E-state index contributed by atoms with van der Waals surface area (Å²) < 4.78 is 8.88. The number of hydrogen-bond donors (Lipinski definition) is 1. The molecule has 2 atom stereocenters. The maximum Gasteiger partial charge on any atom is 0.303 e. The number of rotatable bonds is 7. The van der Waals surface area contributed by atoms with E-state index in [2.05, 4.69) is 58.4 Å². The minimum Gasteiger partial charge on any atom is -0.460 e. The van der Waals surface area contributed by atoms with Crippen LogP contribution in [0.15, 0.2) is 12.1 Å². The van der Waals surface area contributed by atoms with Crippen molar-refractivity contribution in [2.24, 2.45) is 5.41 Å². The summed E-state index contributed by atoms with van der Waals surface area (Å²) in [5.74, 6) is -0.225. The zero-order chi connectivity index (χ0) is 23.9. The Hall–Kier alpha value is -1.07. The third-order valence-corrected chi connectivity index (χ3v) is 6.27. The fourth-order valence-corrected chi connectivity index (χ4v) is 5.11. The van der Waals surface area contributed by atoms with Gasteiger partial charge in [0, 0.05) is 29.1 Å². The Labute approximate surface area is 195 Å². The van der Waals surface area contributed by atoms with Crippen LogP contribution in [0, 0.1) is 12.3 Å². The highest BCUT2D eigenvalue weighted by Gasteiger charge is 2.46. The second-order valence-electron chi connectivity index (χ2n) is 10.9. The van der Waals surface area contributed by atoms with Gasteiger partial charge in [-0.2, -0.15) is 0 Å². The molecule has 1 N–H and O–H groups in total. The molecule has 1 aromatic rings. The number of carbonyl (C=O) groups is 1. The van der Waals surface area contributed by atoms with Crippen molar-refractivity contribution in [1.82, 2.24) is 9.71 Å². The molecule has 178 valence electrons. The van der Waals surface area contributed by atoms with Crippen LogP contribution < -0.4 is 4.72 Å². The van der Waals surface area contributed by atoms with E-state index in [-0.39, 0.29) is 16.3 Å². The van der Waals surface area contributed by atoms with Crippen molar-refractivity contribution in [1.29, 1.82) is 0 Å². The zero-order valence-corrected chi connectivity index (χ0v) is 22.5. The van der Waals surface area contributed by atoms with Crippen molar-refractivity contribution in [2.75, 3.05) is 0 Å². The lowest BCUT2D eigenvalue weighted by Crippen LogP contribution is -2.34. The second kappa shape index (κ2) is 11.7. The first-order valence-corrected chi connectivity index (χ1v) is 12.6. The number of fused-ring (bicyclic) bond motifs is 1. The Morgan fingerprint density at radius 2 is 1.81 bits per heavy atom. The van der Waals surface area contributed by atoms with Crippen LogP contribution in [0.25, 0.3) is 0 Å². The highest BCUT2D eigenvalue weighted by atomic mass is 32.2. The van der Waals surface area contributed by atoms with Crippen LogP contribution in [0.1, 0.15) is 117 Å². The summed E-state index contributed by atoms with van der Waals surface area (Å²) in [4.78, 5) is 15.1. The number of hydrogen-bond acceptors (Lipinski definition) is 5. The Morgan fingerprint density at radius 3 is 2.26 bits per heavy atom. The van der Waals surface area contributed by atoms with Gasteiger partial charge in [-0.3, -0.25) is 14.5 Å². The molecule has 31 heavy (non-hydrogen) atoms. The van der Waals surface area contributed by atoms with Crippen LogP contribution in [-0.4, -0.2) is 21.3 Å². The highest BCUT2D eigenvalue weighted by Crippen LogP contribution is 2.52. The topological polar surface area (TPSA) is 51.2 Å². The fourth-order valence-electron chi connectivity index (χ4n) is 4.26. The lowest BCUT2D eigenvalue weighted by atomic mass is 9.73. The molecule has 1 aliphatic carbocycles.